The lowest BCUT2D eigenvalue weighted by Crippen LogP contribution is -2.35. The molecule has 17 heavy (non-hydrogen) atoms. The van der Waals surface area contributed by atoms with E-state index < -0.39 is 5.60 Å². The lowest BCUT2D eigenvalue weighted by atomic mass is 10.1. The normalized spacial score (nSPS) is 11.9. The van der Waals surface area contributed by atoms with E-state index in [0.29, 0.717) is 18.8 Å². The molecule has 4 nitrogen and oxygen atoms in total. The highest BCUT2D eigenvalue weighted by molar-refractivity contribution is 5.48. The summed E-state index contributed by atoms with van der Waals surface area (Å²) in [5, 5.41) is 9.74. The Hall–Kier alpha value is -1.26. The van der Waals surface area contributed by atoms with Crippen LogP contribution in [-0.2, 0) is 6.54 Å². The predicted molar refractivity (Wildman–Crippen MR) is 70.0 cm³/mol. The quantitative estimate of drug-likeness (QED) is 0.763. The first-order valence-electron chi connectivity index (χ1n) is 5.65. The average Bonchev–Trinajstić information content (AvgIpc) is 2.17. The molecule has 1 aromatic rings. The minimum Gasteiger partial charge on any atom is -0.496 e. The van der Waals surface area contributed by atoms with Crippen LogP contribution in [0.2, 0.25) is 0 Å². The lowest BCUT2D eigenvalue weighted by molar-refractivity contribution is 0.0423. The molecule has 0 radical (unpaired) electrons. The van der Waals surface area contributed by atoms with Crippen LogP contribution >= 0.6 is 0 Å². The Labute approximate surface area is 103 Å². The minimum absolute atomic E-state index is 0.598. The number of aliphatic hydroxyl groups is 1. The molecular formula is C13H22N2O2. The number of nitrogen functional groups attached to an aromatic ring is 1. The molecule has 0 fully saturated rings. The van der Waals surface area contributed by atoms with Crippen molar-refractivity contribution in [1.82, 2.24) is 4.90 Å². The fourth-order valence-corrected chi connectivity index (χ4v) is 1.90. The molecule has 1 rings (SSSR count). The molecule has 0 bridgehead atoms. The van der Waals surface area contributed by atoms with E-state index in [2.05, 4.69) is 0 Å². The van der Waals surface area contributed by atoms with Crippen LogP contribution < -0.4 is 10.5 Å². The van der Waals surface area contributed by atoms with E-state index in [1.807, 2.05) is 30.1 Å². The first-order chi connectivity index (χ1) is 7.81. The maximum absolute atomic E-state index is 9.74. The molecule has 1 aromatic carbocycles. The third-order valence-corrected chi connectivity index (χ3v) is 2.41. The number of hydrogen-bond acceptors (Lipinski definition) is 4. The maximum atomic E-state index is 9.74. The van der Waals surface area contributed by atoms with Crippen LogP contribution in [0.4, 0.5) is 5.69 Å². The molecule has 4 heteroatoms. The van der Waals surface area contributed by atoms with E-state index in [1.165, 1.54) is 0 Å². The second kappa shape index (κ2) is 5.38. The second-order valence-electron chi connectivity index (χ2n) is 5.06. The van der Waals surface area contributed by atoms with E-state index in [9.17, 15) is 5.11 Å². The van der Waals surface area contributed by atoms with Crippen molar-refractivity contribution < 1.29 is 9.84 Å². The smallest absolute Gasteiger partial charge is 0.125 e. The van der Waals surface area contributed by atoms with Gasteiger partial charge in [0.1, 0.15) is 5.75 Å². The lowest BCUT2D eigenvalue weighted by Gasteiger charge is -2.26. The Morgan fingerprint density at radius 2 is 2.06 bits per heavy atom. The van der Waals surface area contributed by atoms with Crippen molar-refractivity contribution in [2.45, 2.75) is 26.0 Å². The Kier molecular flexibility index (Phi) is 4.37. The van der Waals surface area contributed by atoms with Gasteiger partial charge in [-0.2, -0.15) is 0 Å². The van der Waals surface area contributed by atoms with Gasteiger partial charge in [-0.15, -0.1) is 0 Å². The van der Waals surface area contributed by atoms with Crippen molar-refractivity contribution in [2.24, 2.45) is 0 Å². The number of rotatable bonds is 5. The average molecular weight is 238 g/mol. The highest BCUT2D eigenvalue weighted by Crippen LogP contribution is 2.23. The van der Waals surface area contributed by atoms with Crippen molar-refractivity contribution in [3.05, 3.63) is 23.8 Å². The Morgan fingerprint density at radius 1 is 1.41 bits per heavy atom. The van der Waals surface area contributed by atoms with Crippen LogP contribution in [0.1, 0.15) is 19.4 Å². The molecule has 0 aliphatic carbocycles. The topological polar surface area (TPSA) is 58.7 Å². The van der Waals surface area contributed by atoms with Crippen LogP contribution in [0.3, 0.4) is 0 Å². The van der Waals surface area contributed by atoms with Gasteiger partial charge in [0.15, 0.2) is 0 Å². The summed E-state index contributed by atoms with van der Waals surface area (Å²) < 4.78 is 5.29. The van der Waals surface area contributed by atoms with Gasteiger partial charge in [-0.05, 0) is 27.0 Å². The molecular weight excluding hydrogens is 216 g/mol. The van der Waals surface area contributed by atoms with Gasteiger partial charge in [-0.3, -0.25) is 4.90 Å². The molecule has 0 aliphatic heterocycles. The summed E-state index contributed by atoms with van der Waals surface area (Å²) in [6, 6.07) is 5.62. The Balaban J connectivity index is 2.74. The van der Waals surface area contributed by atoms with E-state index in [-0.39, 0.29) is 0 Å². The molecule has 96 valence electrons. The van der Waals surface area contributed by atoms with E-state index in [0.717, 1.165) is 11.3 Å². The number of nitrogens with two attached hydrogens (primary N) is 1. The maximum Gasteiger partial charge on any atom is 0.125 e. The molecule has 0 saturated heterocycles. The minimum atomic E-state index is -0.699. The van der Waals surface area contributed by atoms with Crippen LogP contribution in [0.5, 0.6) is 5.75 Å². The molecule has 0 saturated carbocycles. The molecule has 0 aromatic heterocycles. The van der Waals surface area contributed by atoms with Crippen molar-refractivity contribution in [3.8, 4) is 5.75 Å². The Morgan fingerprint density at radius 3 is 2.59 bits per heavy atom. The summed E-state index contributed by atoms with van der Waals surface area (Å²) in [7, 11) is 3.60. The van der Waals surface area contributed by atoms with Gasteiger partial charge in [0.05, 0.1) is 12.7 Å². The van der Waals surface area contributed by atoms with Crippen LogP contribution in [0, 0.1) is 0 Å². The van der Waals surface area contributed by atoms with Gasteiger partial charge in [-0.25, -0.2) is 0 Å². The van der Waals surface area contributed by atoms with Gasteiger partial charge < -0.3 is 15.6 Å². The van der Waals surface area contributed by atoms with Crippen LogP contribution in [0.25, 0.3) is 0 Å². The molecule has 0 spiro atoms. The van der Waals surface area contributed by atoms with Gasteiger partial charge in [0, 0.05) is 30.4 Å². The van der Waals surface area contributed by atoms with Gasteiger partial charge in [0.2, 0.25) is 0 Å². The fraction of sp³-hybridized carbons (Fsp3) is 0.538. The Bertz CT molecular complexity index is 372. The zero-order valence-corrected chi connectivity index (χ0v) is 11.0. The highest BCUT2D eigenvalue weighted by atomic mass is 16.5. The zero-order chi connectivity index (χ0) is 13.1. The monoisotopic (exact) mass is 238 g/mol. The van der Waals surface area contributed by atoms with Crippen molar-refractivity contribution in [2.75, 3.05) is 26.4 Å². The number of benzene rings is 1. The second-order valence-corrected chi connectivity index (χ2v) is 5.06. The number of likely N-dealkylation sites (N-methyl/N-ethyl adjacent to an activating group) is 1. The van der Waals surface area contributed by atoms with Gasteiger partial charge in [0.25, 0.3) is 0 Å². The first-order valence-corrected chi connectivity index (χ1v) is 5.65. The third kappa shape index (κ3) is 4.63. The number of nitrogens with zero attached hydrogens (tertiary/aromatic N) is 1. The predicted octanol–water partition coefficient (Wildman–Crippen LogP) is 1.48. The zero-order valence-electron chi connectivity index (χ0n) is 11.0. The van der Waals surface area contributed by atoms with Crippen LogP contribution in [0.15, 0.2) is 18.2 Å². The van der Waals surface area contributed by atoms with Crippen molar-refractivity contribution in [1.29, 1.82) is 0 Å². The SMILES string of the molecule is COc1cc(N)ccc1CN(C)CC(C)(C)O. The molecule has 3 N–H and O–H groups in total. The van der Waals surface area contributed by atoms with Crippen molar-refractivity contribution >= 4 is 5.69 Å². The molecule has 0 heterocycles. The molecule has 0 unspecified atom stereocenters. The van der Waals surface area contributed by atoms with Crippen molar-refractivity contribution in [3.63, 3.8) is 0 Å². The summed E-state index contributed by atoms with van der Waals surface area (Å²) in [4.78, 5) is 2.05. The fourth-order valence-electron chi connectivity index (χ4n) is 1.90. The van der Waals surface area contributed by atoms with Crippen LogP contribution in [-0.4, -0.2) is 36.3 Å². The van der Waals surface area contributed by atoms with Gasteiger partial charge in [-0.1, -0.05) is 6.07 Å². The standard InChI is InChI=1S/C13H22N2O2/c1-13(2,16)9-15(3)8-10-5-6-11(14)7-12(10)17-4/h5-7,16H,8-9,14H2,1-4H3. The highest BCUT2D eigenvalue weighted by Gasteiger charge is 2.16. The number of hydrogen-bond donors (Lipinski definition) is 2. The summed E-state index contributed by atoms with van der Waals surface area (Å²) >= 11 is 0. The van der Waals surface area contributed by atoms with E-state index in [1.54, 1.807) is 21.0 Å². The molecule has 0 aliphatic rings. The summed E-state index contributed by atoms with van der Waals surface area (Å²) in [5.74, 6) is 0.785. The number of methoxy groups -OCH3 is 1. The van der Waals surface area contributed by atoms with E-state index >= 15 is 0 Å². The number of ether oxygens (including phenoxy) is 1. The number of anilines is 1. The van der Waals surface area contributed by atoms with E-state index in [4.69, 9.17) is 10.5 Å². The van der Waals surface area contributed by atoms with Gasteiger partial charge >= 0.3 is 0 Å². The largest absolute Gasteiger partial charge is 0.496 e. The third-order valence-electron chi connectivity index (χ3n) is 2.41. The summed E-state index contributed by atoms with van der Waals surface area (Å²) in [5.41, 5.74) is 6.76. The molecule has 0 amide bonds. The summed E-state index contributed by atoms with van der Waals surface area (Å²) in [6.07, 6.45) is 0. The first kappa shape index (κ1) is 13.8. The summed E-state index contributed by atoms with van der Waals surface area (Å²) in [6.45, 7) is 4.90. The molecule has 0 atom stereocenters.